The molecule has 5 amide bonds. The summed E-state index contributed by atoms with van der Waals surface area (Å²) in [6.45, 7) is 0.333. The Hall–Kier alpha value is -4.05. The topological polar surface area (TPSA) is 292 Å². The van der Waals surface area contributed by atoms with Crippen LogP contribution in [-0.4, -0.2) is 81.3 Å². The number of amides is 5. The zero-order valence-corrected chi connectivity index (χ0v) is 20.3. The lowest BCUT2D eigenvalue weighted by molar-refractivity contribution is -0.142. The van der Waals surface area contributed by atoms with E-state index in [1.165, 1.54) is 12.5 Å². The number of nitrogens with two attached hydrogens (primary N) is 4. The Morgan fingerprint density at radius 3 is 2.05 bits per heavy atom. The molecular weight excluding hydrogens is 490 g/mol. The summed E-state index contributed by atoms with van der Waals surface area (Å²) < 4.78 is 0. The predicted molar refractivity (Wildman–Crippen MR) is 129 cm³/mol. The SMILES string of the molecule is NCCCCC(NC(=O)C(N)CCC(N)=O)C(=O)NC(CC(N)=O)C(=O)NC(Cc1cnc[nH]1)C(=O)O. The van der Waals surface area contributed by atoms with Gasteiger partial charge in [-0.1, -0.05) is 0 Å². The molecule has 0 saturated heterocycles. The molecule has 0 aliphatic heterocycles. The number of hydrogen-bond donors (Lipinski definition) is 9. The molecule has 1 rings (SSSR count). The zero-order valence-electron chi connectivity index (χ0n) is 20.3. The number of rotatable bonds is 18. The maximum atomic E-state index is 13.0. The van der Waals surface area contributed by atoms with Crippen molar-refractivity contribution in [3.05, 3.63) is 18.2 Å². The summed E-state index contributed by atoms with van der Waals surface area (Å²) in [5.74, 6) is -5.45. The predicted octanol–water partition coefficient (Wildman–Crippen LogP) is -3.91. The Balaban J connectivity index is 2.97. The number of aromatic amines is 1. The summed E-state index contributed by atoms with van der Waals surface area (Å²) in [5.41, 5.74) is 22.0. The number of aliphatic carboxylic acids is 1. The largest absolute Gasteiger partial charge is 0.480 e. The van der Waals surface area contributed by atoms with Crippen LogP contribution in [0.3, 0.4) is 0 Å². The quantitative estimate of drug-likeness (QED) is 0.0839. The standard InChI is InChI=1S/C21H35N9O7/c22-6-2-1-3-13(28-18(33)12(23)4-5-16(24)31)19(34)29-14(8-17(25)32)20(35)30-15(21(36)37)7-11-9-26-10-27-11/h9-10,12-15H,1-8,22-23H2,(H2,24,31)(H2,25,32)(H,26,27)(H,28,33)(H,29,34)(H,30,35)(H,36,37). The molecule has 37 heavy (non-hydrogen) atoms. The van der Waals surface area contributed by atoms with E-state index in [-0.39, 0.29) is 25.7 Å². The van der Waals surface area contributed by atoms with Crippen LogP contribution in [0.15, 0.2) is 12.5 Å². The van der Waals surface area contributed by atoms with E-state index in [9.17, 15) is 33.9 Å². The number of imidazole rings is 1. The molecule has 16 heteroatoms. The van der Waals surface area contributed by atoms with E-state index >= 15 is 0 Å². The second-order valence-electron chi connectivity index (χ2n) is 8.37. The first-order valence-electron chi connectivity index (χ1n) is 11.6. The van der Waals surface area contributed by atoms with Crippen LogP contribution >= 0.6 is 0 Å². The number of hydrogen-bond acceptors (Lipinski definition) is 9. The second kappa shape index (κ2) is 15.8. The zero-order chi connectivity index (χ0) is 28.0. The number of unbranched alkanes of at least 4 members (excludes halogenated alkanes) is 1. The smallest absolute Gasteiger partial charge is 0.326 e. The van der Waals surface area contributed by atoms with Gasteiger partial charge in [0.05, 0.1) is 18.8 Å². The molecule has 0 aliphatic carbocycles. The molecule has 13 N–H and O–H groups in total. The number of nitrogens with zero attached hydrogens (tertiary/aromatic N) is 1. The minimum absolute atomic E-state index is 0.0437. The van der Waals surface area contributed by atoms with Crippen LogP contribution in [0.25, 0.3) is 0 Å². The molecule has 0 spiro atoms. The molecule has 0 aliphatic rings. The van der Waals surface area contributed by atoms with Crippen LogP contribution < -0.4 is 38.9 Å². The summed E-state index contributed by atoms with van der Waals surface area (Å²) in [7, 11) is 0. The molecule has 0 bridgehead atoms. The Labute approximate surface area is 212 Å². The molecular formula is C21H35N9O7. The van der Waals surface area contributed by atoms with Crippen LogP contribution in [0.4, 0.5) is 0 Å². The van der Waals surface area contributed by atoms with Crippen LogP contribution in [0, 0.1) is 0 Å². The van der Waals surface area contributed by atoms with Gasteiger partial charge < -0.3 is 49.0 Å². The number of carboxylic acid groups (broad SMARTS) is 1. The molecule has 4 unspecified atom stereocenters. The molecule has 1 aromatic heterocycles. The van der Waals surface area contributed by atoms with Crippen molar-refractivity contribution >= 4 is 35.5 Å². The average Bonchev–Trinajstić information content (AvgIpc) is 3.33. The van der Waals surface area contributed by atoms with Crippen molar-refractivity contribution in [2.24, 2.45) is 22.9 Å². The van der Waals surface area contributed by atoms with E-state index in [0.29, 0.717) is 25.1 Å². The summed E-state index contributed by atoms with van der Waals surface area (Å²) in [6, 6.07) is -5.21. The van der Waals surface area contributed by atoms with Gasteiger partial charge >= 0.3 is 5.97 Å². The molecule has 0 aromatic carbocycles. The lowest BCUT2D eigenvalue weighted by Crippen LogP contribution is -2.58. The van der Waals surface area contributed by atoms with Crippen molar-refractivity contribution in [3.63, 3.8) is 0 Å². The highest BCUT2D eigenvalue weighted by atomic mass is 16.4. The number of nitrogens with one attached hydrogen (secondary N) is 4. The Kier molecular flexibility index (Phi) is 13.3. The molecule has 0 saturated carbocycles. The van der Waals surface area contributed by atoms with Gasteiger partial charge in [0.2, 0.25) is 29.5 Å². The number of carbonyl (C=O) groups excluding carboxylic acids is 5. The summed E-state index contributed by atoms with van der Waals surface area (Å²) in [4.78, 5) is 78.9. The van der Waals surface area contributed by atoms with Crippen molar-refractivity contribution in [2.45, 2.75) is 69.1 Å². The molecule has 16 nitrogen and oxygen atoms in total. The van der Waals surface area contributed by atoms with Gasteiger partial charge in [0, 0.05) is 24.7 Å². The lowest BCUT2D eigenvalue weighted by atomic mass is 10.0. The van der Waals surface area contributed by atoms with Gasteiger partial charge in [-0.2, -0.15) is 0 Å². The van der Waals surface area contributed by atoms with Crippen LogP contribution in [0.2, 0.25) is 0 Å². The maximum Gasteiger partial charge on any atom is 0.326 e. The van der Waals surface area contributed by atoms with Crippen molar-refractivity contribution in [1.82, 2.24) is 25.9 Å². The van der Waals surface area contributed by atoms with Crippen molar-refractivity contribution in [2.75, 3.05) is 6.54 Å². The van der Waals surface area contributed by atoms with Gasteiger partial charge in [0.25, 0.3) is 0 Å². The molecule has 0 fully saturated rings. The molecule has 4 atom stereocenters. The van der Waals surface area contributed by atoms with Crippen LogP contribution in [0.5, 0.6) is 0 Å². The number of carboxylic acids is 1. The van der Waals surface area contributed by atoms with E-state index in [2.05, 4.69) is 25.9 Å². The van der Waals surface area contributed by atoms with E-state index < -0.39 is 66.1 Å². The fourth-order valence-corrected chi connectivity index (χ4v) is 3.24. The first-order valence-corrected chi connectivity index (χ1v) is 11.6. The highest BCUT2D eigenvalue weighted by Gasteiger charge is 2.31. The van der Waals surface area contributed by atoms with Crippen molar-refractivity contribution < 1.29 is 33.9 Å². The number of H-pyrrole nitrogens is 1. The number of carbonyl (C=O) groups is 6. The van der Waals surface area contributed by atoms with Crippen LogP contribution in [-0.2, 0) is 35.2 Å². The van der Waals surface area contributed by atoms with Gasteiger partial charge in [-0.3, -0.25) is 24.0 Å². The first-order chi connectivity index (χ1) is 17.4. The number of primary amides is 2. The molecule has 206 valence electrons. The van der Waals surface area contributed by atoms with E-state index in [0.717, 1.165) is 0 Å². The van der Waals surface area contributed by atoms with Crippen molar-refractivity contribution in [1.29, 1.82) is 0 Å². The monoisotopic (exact) mass is 525 g/mol. The highest BCUT2D eigenvalue weighted by Crippen LogP contribution is 2.06. The van der Waals surface area contributed by atoms with Gasteiger partial charge in [0.15, 0.2) is 0 Å². The fourth-order valence-electron chi connectivity index (χ4n) is 3.24. The summed E-state index contributed by atoms with van der Waals surface area (Å²) in [5, 5.41) is 16.6. The normalized spacial score (nSPS) is 14.0. The van der Waals surface area contributed by atoms with E-state index in [1.54, 1.807) is 0 Å². The Bertz CT molecular complexity index is 939. The maximum absolute atomic E-state index is 13.0. The molecule has 1 aromatic rings. The minimum Gasteiger partial charge on any atom is -0.480 e. The van der Waals surface area contributed by atoms with Gasteiger partial charge in [-0.25, -0.2) is 9.78 Å². The van der Waals surface area contributed by atoms with E-state index in [4.69, 9.17) is 22.9 Å². The van der Waals surface area contributed by atoms with Crippen molar-refractivity contribution in [3.8, 4) is 0 Å². The molecule has 1 heterocycles. The second-order valence-corrected chi connectivity index (χ2v) is 8.37. The first kappa shape index (κ1) is 31.0. The van der Waals surface area contributed by atoms with Gasteiger partial charge in [-0.15, -0.1) is 0 Å². The van der Waals surface area contributed by atoms with E-state index in [1.807, 2.05) is 0 Å². The average molecular weight is 526 g/mol. The summed E-state index contributed by atoms with van der Waals surface area (Å²) >= 11 is 0. The minimum atomic E-state index is -1.52. The lowest BCUT2D eigenvalue weighted by Gasteiger charge is -2.24. The van der Waals surface area contributed by atoms with Gasteiger partial charge in [-0.05, 0) is 32.2 Å². The third-order valence-corrected chi connectivity index (χ3v) is 5.25. The van der Waals surface area contributed by atoms with Gasteiger partial charge in [0.1, 0.15) is 18.1 Å². The Morgan fingerprint density at radius 2 is 1.51 bits per heavy atom. The Morgan fingerprint density at radius 1 is 0.892 bits per heavy atom. The summed E-state index contributed by atoms with van der Waals surface area (Å²) in [6.07, 6.45) is 2.86. The third kappa shape index (κ3) is 12.0. The number of aromatic nitrogens is 2. The fraction of sp³-hybridized carbons (Fsp3) is 0.571. The highest BCUT2D eigenvalue weighted by molar-refractivity contribution is 5.96. The molecule has 0 radical (unpaired) electrons. The third-order valence-electron chi connectivity index (χ3n) is 5.25. The van der Waals surface area contributed by atoms with Crippen LogP contribution in [0.1, 0.15) is 44.2 Å².